The van der Waals surface area contributed by atoms with Crippen LogP contribution in [0.1, 0.15) is 25.0 Å². The van der Waals surface area contributed by atoms with Gasteiger partial charge in [0.25, 0.3) is 11.4 Å². The average molecular weight is 462 g/mol. The van der Waals surface area contributed by atoms with Crippen molar-refractivity contribution in [2.24, 2.45) is 10.2 Å². The number of nitro groups is 2. The molecule has 172 valence electrons. The van der Waals surface area contributed by atoms with Crippen molar-refractivity contribution in [2.75, 3.05) is 0 Å². The van der Waals surface area contributed by atoms with E-state index in [0.717, 1.165) is 0 Å². The van der Waals surface area contributed by atoms with Gasteiger partial charge in [-0.1, -0.05) is 0 Å². The Morgan fingerprint density at radius 1 is 0.706 bits per heavy atom. The number of rotatable bonds is 8. The summed E-state index contributed by atoms with van der Waals surface area (Å²) in [5.74, 6) is 0. The lowest BCUT2D eigenvalue weighted by Gasteiger charge is -1.99. The predicted molar refractivity (Wildman–Crippen MR) is 123 cm³/mol. The average Bonchev–Trinajstić information content (AvgIpc) is 2.84. The smallest absolute Gasteiger partial charge is 0.269 e. The van der Waals surface area contributed by atoms with Crippen molar-refractivity contribution >= 4 is 35.2 Å². The van der Waals surface area contributed by atoms with Gasteiger partial charge in [0.2, 0.25) is 11.0 Å². The summed E-state index contributed by atoms with van der Waals surface area (Å²) in [6.07, 6.45) is 2.99. The van der Waals surface area contributed by atoms with Crippen LogP contribution in [0.25, 0.3) is 11.4 Å². The molecule has 0 fully saturated rings. The molecule has 0 aliphatic heterocycles. The summed E-state index contributed by atoms with van der Waals surface area (Å²) in [6, 6.07) is 11.8. The van der Waals surface area contributed by atoms with Gasteiger partial charge in [0.1, 0.15) is 0 Å². The fraction of sp³-hybridized carbons (Fsp3) is 0.100. The molecule has 1 heterocycles. The standard InChI is InChI=1S/C20H18N10O4/c1-13(23-21-11-15-3-7-17(8-4-15)29(31)32)19-25-27-20(28-26-19)14(2)24-22-12-16-5-9-18(10-6-16)30(33)34/h3-12,23-24H,1-2H3/b19-13?,20-14?,21-11+,22-12+. The Labute approximate surface area is 191 Å². The van der Waals surface area contributed by atoms with E-state index in [1.807, 2.05) is 0 Å². The van der Waals surface area contributed by atoms with Crippen LogP contribution in [-0.4, -0.2) is 42.7 Å². The van der Waals surface area contributed by atoms with Crippen LogP contribution < -0.4 is 21.8 Å². The molecule has 0 unspecified atom stereocenters. The molecule has 1 aromatic heterocycles. The van der Waals surface area contributed by atoms with Gasteiger partial charge in [-0.05, 0) is 49.2 Å². The quantitative estimate of drug-likeness (QED) is 0.272. The third-order valence-electron chi connectivity index (χ3n) is 4.25. The number of nitrogens with zero attached hydrogens (tertiary/aromatic N) is 8. The Balaban J connectivity index is 1.63. The molecule has 3 rings (SSSR count). The highest BCUT2D eigenvalue weighted by atomic mass is 16.6. The fourth-order valence-corrected chi connectivity index (χ4v) is 2.40. The summed E-state index contributed by atoms with van der Waals surface area (Å²) in [6.45, 7) is 3.38. The molecular weight excluding hydrogens is 444 g/mol. The van der Waals surface area contributed by atoms with E-state index in [2.05, 4.69) is 41.4 Å². The first-order valence-electron chi connectivity index (χ1n) is 9.66. The van der Waals surface area contributed by atoms with Gasteiger partial charge in [-0.2, -0.15) is 10.2 Å². The number of hydrazone groups is 2. The SMILES string of the molecule is CC(N/N=C/c1ccc([N+](=O)[O-])cc1)=c1nnc(=C(C)N/N=C/c2ccc([N+](=O)[O-])cc2)nn1. The molecule has 0 saturated carbocycles. The maximum absolute atomic E-state index is 10.7. The summed E-state index contributed by atoms with van der Waals surface area (Å²) < 4.78 is 0. The molecule has 3 aromatic rings. The van der Waals surface area contributed by atoms with Crippen molar-refractivity contribution in [2.45, 2.75) is 13.8 Å². The molecule has 34 heavy (non-hydrogen) atoms. The molecule has 14 heteroatoms. The lowest BCUT2D eigenvalue weighted by Crippen LogP contribution is -2.32. The lowest BCUT2D eigenvalue weighted by atomic mass is 10.2. The molecule has 14 nitrogen and oxygen atoms in total. The van der Waals surface area contributed by atoms with E-state index < -0.39 is 9.85 Å². The largest absolute Gasteiger partial charge is 0.279 e. The summed E-state index contributed by atoms with van der Waals surface area (Å²) in [5.41, 5.74) is 8.29. The first kappa shape index (κ1) is 23.5. The minimum Gasteiger partial charge on any atom is -0.279 e. The summed E-state index contributed by atoms with van der Waals surface area (Å²) in [5, 5.41) is 45.4. The highest BCUT2D eigenvalue weighted by molar-refractivity contribution is 5.80. The molecule has 0 saturated heterocycles. The van der Waals surface area contributed by atoms with Crippen LogP contribution in [0.3, 0.4) is 0 Å². The normalized spacial score (nSPS) is 10.9. The topological polar surface area (TPSA) is 187 Å². The van der Waals surface area contributed by atoms with Crippen LogP contribution in [-0.2, 0) is 0 Å². The van der Waals surface area contributed by atoms with E-state index >= 15 is 0 Å². The number of nitro benzene ring substituents is 2. The monoisotopic (exact) mass is 462 g/mol. The third-order valence-corrected chi connectivity index (χ3v) is 4.25. The molecule has 2 aromatic carbocycles. The molecule has 0 amide bonds. The molecule has 0 atom stereocenters. The van der Waals surface area contributed by atoms with E-state index in [-0.39, 0.29) is 22.3 Å². The Bertz CT molecular complexity index is 1240. The van der Waals surface area contributed by atoms with Crippen LogP contribution in [0, 0.1) is 20.2 Å². The Morgan fingerprint density at radius 2 is 1.03 bits per heavy atom. The molecular formula is C20H18N10O4. The van der Waals surface area contributed by atoms with Crippen LogP contribution in [0.2, 0.25) is 0 Å². The van der Waals surface area contributed by atoms with E-state index in [1.165, 1.54) is 36.7 Å². The third kappa shape index (κ3) is 6.43. The van der Waals surface area contributed by atoms with Gasteiger partial charge < -0.3 is 0 Å². The van der Waals surface area contributed by atoms with Gasteiger partial charge in [0.15, 0.2) is 0 Å². The molecule has 0 bridgehead atoms. The van der Waals surface area contributed by atoms with Crippen molar-refractivity contribution < 1.29 is 9.85 Å². The maximum Gasteiger partial charge on any atom is 0.269 e. The van der Waals surface area contributed by atoms with Gasteiger partial charge >= 0.3 is 0 Å². The van der Waals surface area contributed by atoms with Crippen molar-refractivity contribution in [3.8, 4) is 0 Å². The van der Waals surface area contributed by atoms with Crippen LogP contribution >= 0.6 is 0 Å². The van der Waals surface area contributed by atoms with Gasteiger partial charge in [-0.3, -0.25) is 31.1 Å². The number of hydrogen-bond acceptors (Lipinski definition) is 12. The maximum atomic E-state index is 10.7. The zero-order valence-electron chi connectivity index (χ0n) is 18.0. The number of hydrogen-bond donors (Lipinski definition) is 2. The van der Waals surface area contributed by atoms with Gasteiger partial charge in [0, 0.05) is 24.3 Å². The fourth-order valence-electron chi connectivity index (χ4n) is 2.40. The van der Waals surface area contributed by atoms with Crippen molar-refractivity contribution in [1.82, 2.24) is 31.2 Å². The minimum atomic E-state index is -0.474. The number of benzene rings is 2. The van der Waals surface area contributed by atoms with Crippen molar-refractivity contribution in [3.63, 3.8) is 0 Å². The van der Waals surface area contributed by atoms with E-state index in [0.29, 0.717) is 22.5 Å². The predicted octanol–water partition coefficient (Wildman–Crippen LogP) is 0.587. The second-order valence-corrected chi connectivity index (χ2v) is 6.73. The summed E-state index contributed by atoms with van der Waals surface area (Å²) in [4.78, 5) is 20.4. The number of aromatic nitrogens is 4. The lowest BCUT2D eigenvalue weighted by molar-refractivity contribution is -0.385. The first-order chi connectivity index (χ1) is 16.3. The first-order valence-corrected chi connectivity index (χ1v) is 9.66. The van der Waals surface area contributed by atoms with Gasteiger partial charge in [-0.15, -0.1) is 20.4 Å². The highest BCUT2D eigenvalue weighted by Gasteiger charge is 2.03. The zero-order valence-corrected chi connectivity index (χ0v) is 18.0. The number of nitrogens with one attached hydrogen (secondary N) is 2. The minimum absolute atomic E-state index is 0.00267. The zero-order chi connectivity index (χ0) is 24.5. The summed E-state index contributed by atoms with van der Waals surface area (Å²) in [7, 11) is 0. The van der Waals surface area contributed by atoms with Crippen molar-refractivity contribution in [3.05, 3.63) is 90.8 Å². The van der Waals surface area contributed by atoms with Gasteiger partial charge in [0.05, 0.1) is 33.7 Å². The second-order valence-electron chi connectivity index (χ2n) is 6.73. The van der Waals surface area contributed by atoms with Crippen LogP contribution in [0.5, 0.6) is 0 Å². The van der Waals surface area contributed by atoms with E-state index in [4.69, 9.17) is 0 Å². The molecule has 0 aliphatic rings. The molecule has 0 radical (unpaired) electrons. The number of non-ortho nitro benzene ring substituents is 2. The molecule has 0 aliphatic carbocycles. The summed E-state index contributed by atoms with van der Waals surface area (Å²) >= 11 is 0. The van der Waals surface area contributed by atoms with Crippen molar-refractivity contribution in [1.29, 1.82) is 0 Å². The molecule has 0 spiro atoms. The van der Waals surface area contributed by atoms with E-state index in [1.54, 1.807) is 38.1 Å². The van der Waals surface area contributed by atoms with E-state index in [9.17, 15) is 20.2 Å². The Kier molecular flexibility index (Phi) is 7.57. The van der Waals surface area contributed by atoms with Crippen LogP contribution in [0.4, 0.5) is 11.4 Å². The van der Waals surface area contributed by atoms with Gasteiger partial charge in [-0.25, -0.2) is 0 Å². The molecule has 2 N–H and O–H groups in total. The highest BCUT2D eigenvalue weighted by Crippen LogP contribution is 2.11. The van der Waals surface area contributed by atoms with Crippen LogP contribution in [0.15, 0.2) is 58.7 Å². The Morgan fingerprint density at radius 3 is 1.32 bits per heavy atom. The second kappa shape index (κ2) is 10.9. The Hall–Kier alpha value is -5.14.